The standard InChI is InChI=1S/C13H24O10S/c1-24-13-10(20)8(18)11(5(3-15)22-13)23-12-9(19)7(17)6(16)4(2-14)21-12/h4-20H,2-3H2,1H3/t4-,5-,6+,7+,8-,9-,10-,11-,12+,13?/m1/s1. The average Bonchev–Trinajstić information content (AvgIpc) is 2.59. The highest BCUT2D eigenvalue weighted by Crippen LogP contribution is 2.31. The van der Waals surface area contributed by atoms with Crippen LogP contribution in [-0.2, 0) is 14.2 Å². The molecule has 0 amide bonds. The normalized spacial score (nSPS) is 50.0. The summed E-state index contributed by atoms with van der Waals surface area (Å²) in [6.45, 7) is -1.15. The van der Waals surface area contributed by atoms with Gasteiger partial charge in [-0.15, -0.1) is 11.8 Å². The number of thioether (sulfide) groups is 1. The van der Waals surface area contributed by atoms with Gasteiger partial charge in [-0.25, -0.2) is 0 Å². The van der Waals surface area contributed by atoms with Crippen LogP contribution in [0.25, 0.3) is 0 Å². The van der Waals surface area contributed by atoms with Gasteiger partial charge in [0.1, 0.15) is 54.3 Å². The van der Waals surface area contributed by atoms with Crippen LogP contribution in [0.15, 0.2) is 0 Å². The molecule has 2 rings (SSSR count). The third kappa shape index (κ3) is 3.86. The molecule has 0 bridgehead atoms. The lowest BCUT2D eigenvalue weighted by molar-refractivity contribution is -0.338. The molecule has 0 aromatic heterocycles. The molecule has 7 N–H and O–H groups in total. The third-order valence-corrected chi connectivity index (χ3v) is 5.05. The first-order chi connectivity index (χ1) is 11.3. The molecule has 0 saturated carbocycles. The summed E-state index contributed by atoms with van der Waals surface area (Å²) in [6, 6.07) is 0. The summed E-state index contributed by atoms with van der Waals surface area (Å²) >= 11 is 1.14. The van der Waals surface area contributed by atoms with E-state index in [1.54, 1.807) is 6.26 Å². The molecule has 24 heavy (non-hydrogen) atoms. The summed E-state index contributed by atoms with van der Waals surface area (Å²) in [6.07, 6.45) is -10.9. The van der Waals surface area contributed by atoms with Crippen LogP contribution >= 0.6 is 11.8 Å². The Hall–Kier alpha value is -0.0500. The predicted octanol–water partition coefficient (Wildman–Crippen LogP) is -4.03. The minimum atomic E-state index is -1.66. The zero-order chi connectivity index (χ0) is 18.0. The second-order valence-electron chi connectivity index (χ2n) is 5.74. The van der Waals surface area contributed by atoms with E-state index in [4.69, 9.17) is 19.3 Å². The van der Waals surface area contributed by atoms with E-state index in [-0.39, 0.29) is 0 Å². The molecular formula is C13H24O10S. The maximum Gasteiger partial charge on any atom is 0.187 e. The minimum Gasteiger partial charge on any atom is -0.394 e. The Balaban J connectivity index is 2.12. The fourth-order valence-electron chi connectivity index (χ4n) is 2.75. The minimum absolute atomic E-state index is 0.525. The van der Waals surface area contributed by atoms with Gasteiger partial charge in [-0.05, 0) is 6.26 Å². The zero-order valence-corrected chi connectivity index (χ0v) is 13.8. The lowest BCUT2D eigenvalue weighted by Gasteiger charge is -2.45. The molecular weight excluding hydrogens is 348 g/mol. The molecule has 2 saturated heterocycles. The van der Waals surface area contributed by atoms with Gasteiger partial charge in [-0.3, -0.25) is 0 Å². The number of hydrogen-bond donors (Lipinski definition) is 7. The van der Waals surface area contributed by atoms with Crippen molar-refractivity contribution in [3.8, 4) is 0 Å². The van der Waals surface area contributed by atoms with E-state index >= 15 is 0 Å². The van der Waals surface area contributed by atoms with E-state index < -0.39 is 73.8 Å². The van der Waals surface area contributed by atoms with Gasteiger partial charge in [-0.1, -0.05) is 0 Å². The molecule has 2 fully saturated rings. The van der Waals surface area contributed by atoms with Crippen LogP contribution in [0.1, 0.15) is 0 Å². The monoisotopic (exact) mass is 372 g/mol. The molecule has 10 nitrogen and oxygen atoms in total. The van der Waals surface area contributed by atoms with Crippen LogP contribution in [0, 0.1) is 0 Å². The molecule has 2 heterocycles. The topological polar surface area (TPSA) is 169 Å². The number of aliphatic hydroxyl groups is 7. The predicted molar refractivity (Wildman–Crippen MR) is 79.9 cm³/mol. The van der Waals surface area contributed by atoms with Gasteiger partial charge in [0, 0.05) is 0 Å². The Morgan fingerprint density at radius 3 is 1.96 bits per heavy atom. The van der Waals surface area contributed by atoms with Crippen molar-refractivity contribution in [3.05, 3.63) is 0 Å². The summed E-state index contributed by atoms with van der Waals surface area (Å²) in [5.74, 6) is 0. The first-order valence-corrected chi connectivity index (χ1v) is 8.75. The van der Waals surface area contributed by atoms with Crippen LogP contribution in [0.2, 0.25) is 0 Å². The Morgan fingerprint density at radius 2 is 1.42 bits per heavy atom. The Labute approximate surface area is 142 Å². The lowest BCUT2D eigenvalue weighted by atomic mass is 9.97. The maximum absolute atomic E-state index is 10.2. The number of aliphatic hydroxyl groups excluding tert-OH is 7. The van der Waals surface area contributed by atoms with Gasteiger partial charge in [0.2, 0.25) is 0 Å². The van der Waals surface area contributed by atoms with Crippen molar-refractivity contribution < 1.29 is 50.0 Å². The summed E-state index contributed by atoms with van der Waals surface area (Å²) in [5.41, 5.74) is -0.771. The van der Waals surface area contributed by atoms with Crippen molar-refractivity contribution in [2.45, 2.75) is 60.6 Å². The van der Waals surface area contributed by atoms with Crippen LogP contribution in [-0.4, -0.2) is 116 Å². The van der Waals surface area contributed by atoms with Crippen LogP contribution in [0.3, 0.4) is 0 Å². The fraction of sp³-hybridized carbons (Fsp3) is 1.00. The average molecular weight is 372 g/mol. The smallest absolute Gasteiger partial charge is 0.187 e. The molecule has 0 spiro atoms. The maximum atomic E-state index is 10.2. The summed E-state index contributed by atoms with van der Waals surface area (Å²) in [7, 11) is 0. The second-order valence-corrected chi connectivity index (χ2v) is 6.68. The molecule has 2 aliphatic heterocycles. The molecule has 0 aromatic rings. The quantitative estimate of drug-likeness (QED) is 0.251. The number of ether oxygens (including phenoxy) is 3. The molecule has 2 aliphatic rings. The van der Waals surface area contributed by atoms with Crippen LogP contribution in [0.4, 0.5) is 0 Å². The van der Waals surface area contributed by atoms with E-state index in [2.05, 4.69) is 0 Å². The van der Waals surface area contributed by atoms with Crippen molar-refractivity contribution in [2.24, 2.45) is 0 Å². The van der Waals surface area contributed by atoms with Crippen molar-refractivity contribution in [3.63, 3.8) is 0 Å². The van der Waals surface area contributed by atoms with Gasteiger partial charge in [-0.2, -0.15) is 0 Å². The van der Waals surface area contributed by atoms with E-state index in [1.807, 2.05) is 0 Å². The molecule has 0 aromatic carbocycles. The summed E-state index contributed by atoms with van der Waals surface area (Å²) in [5, 5.41) is 68.3. The molecule has 1 unspecified atom stereocenters. The van der Waals surface area contributed by atoms with Gasteiger partial charge < -0.3 is 50.0 Å². The van der Waals surface area contributed by atoms with Crippen LogP contribution < -0.4 is 0 Å². The first kappa shape index (κ1) is 20.3. The van der Waals surface area contributed by atoms with E-state index in [9.17, 15) is 30.6 Å². The Morgan fingerprint density at radius 1 is 0.792 bits per heavy atom. The second kappa shape index (κ2) is 8.56. The fourth-order valence-corrected chi connectivity index (χ4v) is 3.44. The SMILES string of the molecule is CSC1O[C@H](CO)[C@@H](O[C@@H]2O[C@H](CO)[C@H](O)[C@H](O)[C@H]2O)[C@H](O)[C@H]1O. The molecule has 10 atom stereocenters. The van der Waals surface area contributed by atoms with Gasteiger partial charge in [0.25, 0.3) is 0 Å². The first-order valence-electron chi connectivity index (χ1n) is 7.46. The highest BCUT2D eigenvalue weighted by Gasteiger charge is 2.50. The number of rotatable bonds is 5. The molecule has 0 aliphatic carbocycles. The van der Waals surface area contributed by atoms with Crippen molar-refractivity contribution in [1.29, 1.82) is 0 Å². The number of hydrogen-bond acceptors (Lipinski definition) is 11. The van der Waals surface area contributed by atoms with Crippen LogP contribution in [0.5, 0.6) is 0 Å². The highest BCUT2D eigenvalue weighted by atomic mass is 32.2. The van der Waals surface area contributed by atoms with E-state index in [0.29, 0.717) is 0 Å². The van der Waals surface area contributed by atoms with Crippen molar-refractivity contribution in [2.75, 3.05) is 19.5 Å². The Kier molecular flexibility index (Phi) is 7.22. The molecule has 142 valence electrons. The van der Waals surface area contributed by atoms with Gasteiger partial charge in [0.05, 0.1) is 13.2 Å². The molecule has 0 radical (unpaired) electrons. The summed E-state index contributed by atoms with van der Waals surface area (Å²) in [4.78, 5) is 0. The van der Waals surface area contributed by atoms with E-state index in [1.165, 1.54) is 0 Å². The third-order valence-electron chi connectivity index (χ3n) is 4.19. The van der Waals surface area contributed by atoms with E-state index in [0.717, 1.165) is 11.8 Å². The highest BCUT2D eigenvalue weighted by molar-refractivity contribution is 7.99. The van der Waals surface area contributed by atoms with Crippen molar-refractivity contribution >= 4 is 11.8 Å². The summed E-state index contributed by atoms with van der Waals surface area (Å²) < 4.78 is 16.0. The largest absolute Gasteiger partial charge is 0.394 e. The Bertz CT molecular complexity index is 397. The lowest BCUT2D eigenvalue weighted by Crippen LogP contribution is -2.64. The van der Waals surface area contributed by atoms with Crippen molar-refractivity contribution in [1.82, 2.24) is 0 Å². The van der Waals surface area contributed by atoms with Gasteiger partial charge in [0.15, 0.2) is 6.29 Å². The van der Waals surface area contributed by atoms with Gasteiger partial charge >= 0.3 is 0 Å². The zero-order valence-electron chi connectivity index (χ0n) is 13.0. The molecule has 11 heteroatoms.